The van der Waals surface area contributed by atoms with Crippen molar-refractivity contribution in [1.82, 2.24) is 19.9 Å². The summed E-state index contributed by atoms with van der Waals surface area (Å²) in [5.41, 5.74) is 1.38. The molecule has 1 saturated heterocycles. The van der Waals surface area contributed by atoms with Gasteiger partial charge in [-0.2, -0.15) is 0 Å². The minimum absolute atomic E-state index is 0.0757. The van der Waals surface area contributed by atoms with Crippen molar-refractivity contribution >= 4 is 44.0 Å². The predicted molar refractivity (Wildman–Crippen MR) is 148 cm³/mol. The van der Waals surface area contributed by atoms with E-state index in [1.165, 1.54) is 11.3 Å². The zero-order valence-corrected chi connectivity index (χ0v) is 23.3. The SMILES string of the molecule is COc1cc2c(Oc3ccc(CC(=O)c4ncc(Br)s4)nc3)ccnc2cc1OCCCN1CCOCC1. The van der Waals surface area contributed by atoms with E-state index in [-0.39, 0.29) is 12.2 Å². The highest BCUT2D eigenvalue weighted by Crippen LogP contribution is 2.37. The Labute approximate surface area is 232 Å². The number of fused-ring (bicyclic) bond motifs is 1. The van der Waals surface area contributed by atoms with Gasteiger partial charge in [-0.25, -0.2) is 4.98 Å². The molecule has 0 radical (unpaired) electrons. The second-order valence-electron chi connectivity index (χ2n) is 8.64. The first-order valence-electron chi connectivity index (χ1n) is 12.3. The summed E-state index contributed by atoms with van der Waals surface area (Å²) in [7, 11) is 1.62. The number of ether oxygens (including phenoxy) is 4. The third-order valence-corrected chi connectivity index (χ3v) is 7.57. The summed E-state index contributed by atoms with van der Waals surface area (Å²) < 4.78 is 24.0. The number of rotatable bonds is 11. The number of ketones is 1. The Morgan fingerprint density at radius 1 is 1.08 bits per heavy atom. The molecule has 0 atom stereocenters. The molecule has 9 nitrogen and oxygen atoms in total. The molecule has 5 rings (SSSR count). The Kier molecular flexibility index (Phi) is 8.79. The molecule has 1 aromatic carbocycles. The van der Waals surface area contributed by atoms with Crippen molar-refractivity contribution in [3.8, 4) is 23.0 Å². The van der Waals surface area contributed by atoms with Gasteiger partial charge in [0.2, 0.25) is 0 Å². The molecule has 198 valence electrons. The van der Waals surface area contributed by atoms with Crippen LogP contribution in [0.4, 0.5) is 0 Å². The maximum absolute atomic E-state index is 12.4. The lowest BCUT2D eigenvalue weighted by atomic mass is 10.1. The van der Waals surface area contributed by atoms with Gasteiger partial charge in [0.1, 0.15) is 11.5 Å². The van der Waals surface area contributed by atoms with Crippen molar-refractivity contribution in [2.45, 2.75) is 12.8 Å². The number of methoxy groups -OCH3 is 1. The standard InChI is InChI=1S/C27H27BrN4O5S/c1-34-24-14-20-21(15-25(24)36-10-2-7-32-8-11-35-12-9-32)29-6-5-23(20)37-19-4-3-18(30-16-19)13-22(33)27-31-17-26(28)38-27/h3-6,14-17H,2,7-13H2,1H3. The first kappa shape index (κ1) is 26.5. The molecule has 11 heteroatoms. The van der Waals surface area contributed by atoms with Crippen LogP contribution in [0, 0.1) is 0 Å². The molecule has 0 bridgehead atoms. The fourth-order valence-electron chi connectivity index (χ4n) is 4.11. The summed E-state index contributed by atoms with van der Waals surface area (Å²) in [5.74, 6) is 2.35. The number of morpholine rings is 1. The largest absolute Gasteiger partial charge is 0.493 e. The number of carbonyl (C=O) groups is 1. The molecular formula is C27H27BrN4O5S. The van der Waals surface area contributed by atoms with Gasteiger partial charge in [-0.05, 0) is 46.6 Å². The quantitative estimate of drug-likeness (QED) is 0.171. The van der Waals surface area contributed by atoms with Crippen molar-refractivity contribution in [1.29, 1.82) is 0 Å². The van der Waals surface area contributed by atoms with Crippen molar-refractivity contribution < 1.29 is 23.7 Å². The Hall–Kier alpha value is -3.12. The molecule has 0 N–H and O–H groups in total. The lowest BCUT2D eigenvalue weighted by Crippen LogP contribution is -2.37. The number of benzene rings is 1. The van der Waals surface area contributed by atoms with Crippen LogP contribution in [0.15, 0.2) is 52.7 Å². The average Bonchev–Trinajstić information content (AvgIpc) is 3.39. The smallest absolute Gasteiger partial charge is 0.197 e. The summed E-state index contributed by atoms with van der Waals surface area (Å²) >= 11 is 4.64. The van der Waals surface area contributed by atoms with E-state index >= 15 is 0 Å². The van der Waals surface area contributed by atoms with Crippen molar-refractivity contribution in [2.75, 3.05) is 46.6 Å². The zero-order valence-electron chi connectivity index (χ0n) is 20.9. The normalized spacial score (nSPS) is 13.9. The number of hydrogen-bond acceptors (Lipinski definition) is 10. The number of aromatic nitrogens is 3. The van der Waals surface area contributed by atoms with Crippen LogP contribution in [0.25, 0.3) is 10.9 Å². The van der Waals surface area contributed by atoms with Gasteiger partial charge in [0, 0.05) is 43.0 Å². The highest BCUT2D eigenvalue weighted by atomic mass is 79.9. The molecule has 1 fully saturated rings. The Morgan fingerprint density at radius 3 is 2.68 bits per heavy atom. The average molecular weight is 600 g/mol. The van der Waals surface area contributed by atoms with Crippen molar-refractivity contribution in [3.63, 3.8) is 0 Å². The molecule has 0 aliphatic carbocycles. The van der Waals surface area contributed by atoms with E-state index in [1.807, 2.05) is 12.1 Å². The van der Waals surface area contributed by atoms with Crippen LogP contribution in [0.2, 0.25) is 0 Å². The Bertz CT molecular complexity index is 1390. The number of thiazole rings is 1. The maximum atomic E-state index is 12.4. The number of halogens is 1. The van der Waals surface area contributed by atoms with Crippen LogP contribution in [0.3, 0.4) is 0 Å². The van der Waals surface area contributed by atoms with E-state index in [4.69, 9.17) is 18.9 Å². The third-order valence-electron chi connectivity index (χ3n) is 6.05. The summed E-state index contributed by atoms with van der Waals surface area (Å²) in [6.07, 6.45) is 6.01. The summed E-state index contributed by atoms with van der Waals surface area (Å²) in [6.45, 7) is 5.07. The molecule has 3 aromatic heterocycles. The highest BCUT2D eigenvalue weighted by molar-refractivity contribution is 9.11. The van der Waals surface area contributed by atoms with E-state index in [1.54, 1.807) is 43.9 Å². The van der Waals surface area contributed by atoms with Gasteiger partial charge < -0.3 is 18.9 Å². The summed E-state index contributed by atoms with van der Waals surface area (Å²) in [4.78, 5) is 27.8. The first-order chi connectivity index (χ1) is 18.6. The van der Waals surface area contributed by atoms with Crippen LogP contribution in [0.1, 0.15) is 21.9 Å². The molecule has 0 amide bonds. The molecule has 0 unspecified atom stereocenters. The number of nitrogens with zero attached hydrogens (tertiary/aromatic N) is 4. The minimum atomic E-state index is -0.0757. The van der Waals surface area contributed by atoms with Gasteiger partial charge in [0.15, 0.2) is 22.3 Å². The van der Waals surface area contributed by atoms with Crippen LogP contribution in [0.5, 0.6) is 23.0 Å². The number of carbonyl (C=O) groups excluding carboxylic acids is 1. The molecular weight excluding hydrogens is 572 g/mol. The van der Waals surface area contributed by atoms with E-state index in [9.17, 15) is 4.79 Å². The second-order valence-corrected chi connectivity index (χ2v) is 11.1. The van der Waals surface area contributed by atoms with Gasteiger partial charge in [0.25, 0.3) is 0 Å². The van der Waals surface area contributed by atoms with E-state index in [2.05, 4.69) is 35.8 Å². The fraction of sp³-hybridized carbons (Fsp3) is 0.333. The van der Waals surface area contributed by atoms with Crippen LogP contribution in [-0.2, 0) is 11.2 Å². The zero-order chi connectivity index (χ0) is 26.3. The minimum Gasteiger partial charge on any atom is -0.493 e. The Morgan fingerprint density at radius 2 is 1.95 bits per heavy atom. The molecule has 38 heavy (non-hydrogen) atoms. The van der Waals surface area contributed by atoms with Crippen molar-refractivity contribution in [2.24, 2.45) is 0 Å². The molecule has 1 aliphatic rings. The van der Waals surface area contributed by atoms with Crippen LogP contribution in [-0.4, -0.2) is 72.2 Å². The lowest BCUT2D eigenvalue weighted by Gasteiger charge is -2.26. The predicted octanol–water partition coefficient (Wildman–Crippen LogP) is 5.18. The number of hydrogen-bond donors (Lipinski definition) is 0. The molecule has 4 heterocycles. The van der Waals surface area contributed by atoms with E-state index in [0.29, 0.717) is 40.3 Å². The highest BCUT2D eigenvalue weighted by Gasteiger charge is 2.15. The topological polar surface area (TPSA) is 95.9 Å². The molecule has 0 spiro atoms. The lowest BCUT2D eigenvalue weighted by molar-refractivity contribution is 0.0357. The maximum Gasteiger partial charge on any atom is 0.197 e. The molecule has 4 aromatic rings. The first-order valence-corrected chi connectivity index (χ1v) is 13.9. The summed E-state index contributed by atoms with van der Waals surface area (Å²) in [5, 5.41) is 1.25. The van der Waals surface area contributed by atoms with Crippen LogP contribution < -0.4 is 14.2 Å². The van der Waals surface area contributed by atoms with Crippen LogP contribution >= 0.6 is 27.3 Å². The number of Topliss-reactive ketones (excluding diaryl/α,β-unsaturated/α-hetero) is 1. The molecule has 1 aliphatic heterocycles. The summed E-state index contributed by atoms with van der Waals surface area (Å²) in [6, 6.07) is 9.12. The van der Waals surface area contributed by atoms with E-state index < -0.39 is 0 Å². The Balaban J connectivity index is 1.24. The third kappa shape index (κ3) is 6.65. The van der Waals surface area contributed by atoms with Gasteiger partial charge >= 0.3 is 0 Å². The van der Waals surface area contributed by atoms with Gasteiger partial charge in [-0.15, -0.1) is 11.3 Å². The fourth-order valence-corrected chi connectivity index (χ4v) is 5.25. The van der Waals surface area contributed by atoms with E-state index in [0.717, 1.165) is 54.0 Å². The second kappa shape index (κ2) is 12.6. The van der Waals surface area contributed by atoms with Crippen molar-refractivity contribution in [3.05, 3.63) is 63.4 Å². The van der Waals surface area contributed by atoms with Gasteiger partial charge in [0.05, 0.1) is 55.0 Å². The monoisotopic (exact) mass is 598 g/mol. The van der Waals surface area contributed by atoms with Gasteiger partial charge in [-0.1, -0.05) is 0 Å². The number of pyridine rings is 2. The molecule has 0 saturated carbocycles. The van der Waals surface area contributed by atoms with Gasteiger partial charge in [-0.3, -0.25) is 19.7 Å².